The molecule has 0 bridgehead atoms. The Morgan fingerprint density at radius 2 is 1.79 bits per heavy atom. The van der Waals surface area contributed by atoms with Crippen molar-refractivity contribution in [2.24, 2.45) is 7.05 Å². The lowest BCUT2D eigenvalue weighted by atomic mass is 10.1. The first-order valence-corrected chi connectivity index (χ1v) is 9.92. The first kappa shape index (κ1) is 20.5. The summed E-state index contributed by atoms with van der Waals surface area (Å²) in [7, 11) is 3.12. The van der Waals surface area contributed by atoms with Crippen molar-refractivity contribution < 1.29 is 19.1 Å². The van der Waals surface area contributed by atoms with Crippen molar-refractivity contribution in [2.75, 3.05) is 18.7 Å². The Morgan fingerprint density at radius 1 is 1.10 bits per heavy atom. The maximum absolute atomic E-state index is 13.0. The van der Waals surface area contributed by atoms with E-state index >= 15 is 0 Å². The topological polar surface area (TPSA) is 86.6 Å². The van der Waals surface area contributed by atoms with Crippen LogP contribution >= 0.6 is 11.8 Å². The largest absolute Gasteiger partial charge is 0.497 e. The summed E-state index contributed by atoms with van der Waals surface area (Å²) in [5.74, 6) is -0.691. The Hall–Kier alpha value is -3.26. The number of hydrogen-bond acceptors (Lipinski definition) is 6. The molecule has 1 N–H and O–H groups in total. The normalized spacial score (nSPS) is 10.6. The summed E-state index contributed by atoms with van der Waals surface area (Å²) in [4.78, 5) is 38.6. The van der Waals surface area contributed by atoms with Crippen LogP contribution in [0.4, 0.5) is 5.69 Å². The molecule has 0 unspecified atom stereocenters. The molecule has 0 radical (unpaired) electrons. The fourth-order valence-corrected chi connectivity index (χ4v) is 3.38. The van der Waals surface area contributed by atoms with Gasteiger partial charge >= 0.3 is 5.97 Å². The van der Waals surface area contributed by atoms with Crippen LogP contribution in [0.5, 0.6) is 11.5 Å². The second-order valence-corrected chi connectivity index (χ2v) is 7.11. The van der Waals surface area contributed by atoms with Crippen LogP contribution < -0.4 is 20.3 Å². The van der Waals surface area contributed by atoms with Gasteiger partial charge in [-0.15, -0.1) is 11.8 Å². The number of rotatable bonds is 5. The summed E-state index contributed by atoms with van der Waals surface area (Å²) in [5, 5.41) is 3.19. The van der Waals surface area contributed by atoms with Crippen LogP contribution in [0.15, 0.2) is 52.2 Å². The summed E-state index contributed by atoms with van der Waals surface area (Å²) in [6, 6.07) is 12.1. The molecule has 0 atom stereocenters. The zero-order chi connectivity index (χ0) is 21.1. The van der Waals surface area contributed by atoms with Gasteiger partial charge in [-0.05, 0) is 48.7 Å². The second-order valence-electron chi connectivity index (χ2n) is 6.23. The smallest absolute Gasteiger partial charge is 0.308 e. The Bertz CT molecular complexity index is 1150. The summed E-state index contributed by atoms with van der Waals surface area (Å²) in [5.41, 5.74) is 0.246. The quantitative estimate of drug-likeness (QED) is 0.510. The molecule has 0 saturated heterocycles. The van der Waals surface area contributed by atoms with Gasteiger partial charge in [-0.1, -0.05) is 0 Å². The first-order valence-electron chi connectivity index (χ1n) is 8.70. The number of benzene rings is 2. The number of nitrogens with zero attached hydrogens (tertiary/aromatic N) is 1. The van der Waals surface area contributed by atoms with E-state index in [-0.39, 0.29) is 11.3 Å². The molecule has 0 aliphatic heterocycles. The second kappa shape index (κ2) is 8.40. The fourth-order valence-electron chi connectivity index (χ4n) is 2.94. The maximum Gasteiger partial charge on any atom is 0.308 e. The molecule has 3 rings (SSSR count). The van der Waals surface area contributed by atoms with E-state index in [4.69, 9.17) is 9.47 Å². The molecule has 1 aromatic heterocycles. The standard InChI is InChI=1S/C21H20N2O5S/c1-12(24)28-19-16-11-15(29-4)9-10-17(16)23(2)21(26)18(19)20(25)22-13-5-7-14(27-3)8-6-13/h5-11H,1-4H3,(H,22,25). The molecular weight excluding hydrogens is 392 g/mol. The van der Waals surface area contributed by atoms with Gasteiger partial charge in [0.25, 0.3) is 11.5 Å². The monoisotopic (exact) mass is 412 g/mol. The Balaban J connectivity index is 2.18. The zero-order valence-electron chi connectivity index (χ0n) is 16.4. The molecule has 0 fully saturated rings. The fraction of sp³-hybridized carbons (Fsp3) is 0.190. The lowest BCUT2D eigenvalue weighted by Crippen LogP contribution is -2.29. The summed E-state index contributed by atoms with van der Waals surface area (Å²) in [6.45, 7) is 1.23. The SMILES string of the molecule is COc1ccc(NC(=O)c2c(OC(C)=O)c3cc(SC)ccc3n(C)c2=O)cc1. The number of aryl methyl sites for hydroxylation is 1. The zero-order valence-corrected chi connectivity index (χ0v) is 17.3. The molecule has 8 heteroatoms. The molecule has 0 aliphatic carbocycles. The summed E-state index contributed by atoms with van der Waals surface area (Å²) >= 11 is 1.50. The van der Waals surface area contributed by atoms with Crippen LogP contribution in [0.3, 0.4) is 0 Å². The summed E-state index contributed by atoms with van der Waals surface area (Å²) in [6.07, 6.45) is 1.91. The third kappa shape index (κ3) is 4.12. The van der Waals surface area contributed by atoms with E-state index in [1.54, 1.807) is 50.6 Å². The Labute approximate surface area is 171 Å². The number of fused-ring (bicyclic) bond motifs is 1. The van der Waals surface area contributed by atoms with Gasteiger partial charge in [0.15, 0.2) is 5.75 Å². The predicted octanol–water partition coefficient (Wildman–Crippen LogP) is 3.45. The number of thioether (sulfide) groups is 1. The van der Waals surface area contributed by atoms with Crippen molar-refractivity contribution in [3.8, 4) is 11.5 Å². The number of ether oxygens (including phenoxy) is 2. The average molecular weight is 412 g/mol. The van der Waals surface area contributed by atoms with Gasteiger partial charge in [0.05, 0.1) is 12.6 Å². The highest BCUT2D eigenvalue weighted by molar-refractivity contribution is 7.98. The number of carbonyl (C=O) groups excluding carboxylic acids is 2. The molecule has 2 aromatic carbocycles. The number of hydrogen-bond donors (Lipinski definition) is 1. The molecule has 3 aromatic rings. The van der Waals surface area contributed by atoms with E-state index in [2.05, 4.69) is 5.32 Å². The van der Waals surface area contributed by atoms with Crippen LogP contribution in [0.2, 0.25) is 0 Å². The van der Waals surface area contributed by atoms with Crippen LogP contribution in [-0.4, -0.2) is 29.8 Å². The first-order chi connectivity index (χ1) is 13.8. The minimum Gasteiger partial charge on any atom is -0.497 e. The highest BCUT2D eigenvalue weighted by Gasteiger charge is 2.24. The van der Waals surface area contributed by atoms with E-state index in [0.29, 0.717) is 22.3 Å². The van der Waals surface area contributed by atoms with Crippen molar-refractivity contribution in [2.45, 2.75) is 11.8 Å². The van der Waals surface area contributed by atoms with Crippen molar-refractivity contribution in [1.29, 1.82) is 0 Å². The minimum absolute atomic E-state index is 0.0440. The van der Waals surface area contributed by atoms with Gasteiger partial charge in [-0.3, -0.25) is 14.4 Å². The lowest BCUT2D eigenvalue weighted by molar-refractivity contribution is -0.131. The molecular formula is C21H20N2O5S. The van der Waals surface area contributed by atoms with Crippen LogP contribution in [0.1, 0.15) is 17.3 Å². The number of methoxy groups -OCH3 is 1. The molecule has 0 spiro atoms. The van der Waals surface area contributed by atoms with Crippen LogP contribution in [0, 0.1) is 0 Å². The van der Waals surface area contributed by atoms with Gasteiger partial charge in [0, 0.05) is 29.9 Å². The van der Waals surface area contributed by atoms with E-state index in [1.807, 2.05) is 12.3 Å². The number of nitrogens with one attached hydrogen (secondary N) is 1. The van der Waals surface area contributed by atoms with Gasteiger partial charge in [-0.25, -0.2) is 0 Å². The molecule has 0 aliphatic rings. The highest BCUT2D eigenvalue weighted by atomic mass is 32.2. The van der Waals surface area contributed by atoms with Gasteiger partial charge in [0.2, 0.25) is 0 Å². The molecule has 29 heavy (non-hydrogen) atoms. The third-order valence-corrected chi connectivity index (χ3v) is 5.10. The van der Waals surface area contributed by atoms with Gasteiger partial charge < -0.3 is 19.4 Å². The molecule has 0 saturated carbocycles. The van der Waals surface area contributed by atoms with E-state index in [9.17, 15) is 14.4 Å². The lowest BCUT2D eigenvalue weighted by Gasteiger charge is -2.15. The van der Waals surface area contributed by atoms with Crippen molar-refractivity contribution in [3.05, 3.63) is 58.4 Å². The average Bonchev–Trinajstić information content (AvgIpc) is 2.71. The number of aromatic nitrogens is 1. The Kier molecular flexibility index (Phi) is 5.93. The predicted molar refractivity (Wildman–Crippen MR) is 113 cm³/mol. The number of esters is 1. The number of anilines is 1. The van der Waals surface area contributed by atoms with E-state index in [1.165, 1.54) is 23.3 Å². The molecule has 7 nitrogen and oxygen atoms in total. The molecule has 150 valence electrons. The minimum atomic E-state index is -0.663. The van der Waals surface area contributed by atoms with Crippen LogP contribution in [0.25, 0.3) is 10.9 Å². The van der Waals surface area contributed by atoms with E-state index in [0.717, 1.165) is 4.90 Å². The number of amides is 1. The third-order valence-electron chi connectivity index (χ3n) is 4.38. The summed E-state index contributed by atoms with van der Waals surface area (Å²) < 4.78 is 11.8. The van der Waals surface area contributed by atoms with E-state index < -0.39 is 17.4 Å². The highest BCUT2D eigenvalue weighted by Crippen LogP contribution is 2.31. The number of carbonyl (C=O) groups is 2. The molecule has 1 heterocycles. The van der Waals surface area contributed by atoms with Gasteiger partial charge in [0.1, 0.15) is 11.3 Å². The molecule has 1 amide bonds. The van der Waals surface area contributed by atoms with Crippen molar-refractivity contribution >= 4 is 40.2 Å². The van der Waals surface area contributed by atoms with Gasteiger partial charge in [-0.2, -0.15) is 0 Å². The van der Waals surface area contributed by atoms with Crippen LogP contribution in [-0.2, 0) is 11.8 Å². The maximum atomic E-state index is 13.0. The Morgan fingerprint density at radius 3 is 2.38 bits per heavy atom. The number of pyridine rings is 1. The van der Waals surface area contributed by atoms with Crippen molar-refractivity contribution in [3.63, 3.8) is 0 Å². The van der Waals surface area contributed by atoms with Crippen molar-refractivity contribution in [1.82, 2.24) is 4.57 Å².